The second kappa shape index (κ2) is 7.24. The Morgan fingerprint density at radius 3 is 2.76 bits per heavy atom. The summed E-state index contributed by atoms with van der Waals surface area (Å²) in [6.07, 6.45) is 0.569. The second-order valence-corrected chi connectivity index (χ2v) is 5.82. The van der Waals surface area contributed by atoms with Gasteiger partial charge in [-0.3, -0.25) is 9.58 Å². The predicted octanol–water partition coefficient (Wildman–Crippen LogP) is 3.43. The molecule has 0 unspecified atom stereocenters. The van der Waals surface area contributed by atoms with E-state index in [0.717, 1.165) is 31.9 Å². The molecular weight excluding hydrogens is 260 g/mol. The van der Waals surface area contributed by atoms with Crippen LogP contribution in [0.2, 0.25) is 0 Å². The van der Waals surface area contributed by atoms with Crippen LogP contribution >= 0.6 is 0 Å². The van der Waals surface area contributed by atoms with Gasteiger partial charge < -0.3 is 0 Å². The first-order chi connectivity index (χ1) is 10.2. The lowest BCUT2D eigenvalue weighted by Crippen LogP contribution is -2.28. The molecule has 0 saturated carbocycles. The van der Waals surface area contributed by atoms with Crippen molar-refractivity contribution in [2.24, 2.45) is 5.92 Å². The van der Waals surface area contributed by atoms with Crippen LogP contribution in [0.25, 0.3) is 10.9 Å². The Labute approximate surface area is 127 Å². The van der Waals surface area contributed by atoms with Gasteiger partial charge in [-0.05, 0) is 18.9 Å². The molecular formula is C17H24N4. The van der Waals surface area contributed by atoms with E-state index in [4.69, 9.17) is 10.4 Å². The Morgan fingerprint density at radius 1 is 1.33 bits per heavy atom. The Kier molecular flexibility index (Phi) is 5.35. The lowest BCUT2D eigenvalue weighted by atomic mass is 10.1. The normalized spacial score (nSPS) is 11.4. The van der Waals surface area contributed by atoms with Crippen molar-refractivity contribution < 1.29 is 0 Å². The van der Waals surface area contributed by atoms with Crippen molar-refractivity contribution in [1.29, 1.82) is 5.26 Å². The highest BCUT2D eigenvalue weighted by molar-refractivity contribution is 5.81. The first kappa shape index (κ1) is 15.5. The fourth-order valence-corrected chi connectivity index (χ4v) is 2.73. The van der Waals surface area contributed by atoms with Crippen molar-refractivity contribution in [1.82, 2.24) is 14.7 Å². The minimum Gasteiger partial charge on any atom is -0.296 e. The van der Waals surface area contributed by atoms with Crippen LogP contribution < -0.4 is 0 Å². The summed E-state index contributed by atoms with van der Waals surface area (Å²) >= 11 is 0. The largest absolute Gasteiger partial charge is 0.296 e. The van der Waals surface area contributed by atoms with Gasteiger partial charge in [-0.25, -0.2) is 0 Å². The number of fused-ring (bicyclic) bond motifs is 1. The average Bonchev–Trinajstić information content (AvgIpc) is 2.82. The van der Waals surface area contributed by atoms with Crippen LogP contribution in [0, 0.1) is 17.2 Å². The molecule has 0 bridgehead atoms. The van der Waals surface area contributed by atoms with Gasteiger partial charge in [0.25, 0.3) is 0 Å². The topological polar surface area (TPSA) is 44.9 Å². The number of aromatic nitrogens is 2. The van der Waals surface area contributed by atoms with Gasteiger partial charge in [-0.15, -0.1) is 0 Å². The third-order valence-corrected chi connectivity index (χ3v) is 3.57. The third kappa shape index (κ3) is 3.83. The van der Waals surface area contributed by atoms with Gasteiger partial charge in [0, 0.05) is 38.0 Å². The van der Waals surface area contributed by atoms with Crippen LogP contribution in [0.4, 0.5) is 0 Å². The van der Waals surface area contributed by atoms with Gasteiger partial charge in [0.1, 0.15) is 0 Å². The molecule has 112 valence electrons. The number of hydrogen-bond acceptors (Lipinski definition) is 3. The molecule has 4 nitrogen and oxygen atoms in total. The maximum absolute atomic E-state index is 8.83. The fourth-order valence-electron chi connectivity index (χ4n) is 2.73. The average molecular weight is 284 g/mol. The highest BCUT2D eigenvalue weighted by Gasteiger charge is 2.14. The maximum atomic E-state index is 8.83. The Bertz CT molecular complexity index is 621. The molecule has 0 fully saturated rings. The van der Waals surface area contributed by atoms with Gasteiger partial charge in [0.05, 0.1) is 17.3 Å². The van der Waals surface area contributed by atoms with Crippen molar-refractivity contribution in [2.75, 3.05) is 13.1 Å². The van der Waals surface area contributed by atoms with Crippen molar-refractivity contribution in [2.45, 2.75) is 40.3 Å². The number of rotatable bonds is 7. The summed E-state index contributed by atoms with van der Waals surface area (Å²) in [6, 6.07) is 10.6. The van der Waals surface area contributed by atoms with E-state index in [1.807, 2.05) is 0 Å². The van der Waals surface area contributed by atoms with E-state index in [0.29, 0.717) is 12.3 Å². The summed E-state index contributed by atoms with van der Waals surface area (Å²) in [7, 11) is 0. The highest BCUT2D eigenvalue weighted by Crippen LogP contribution is 2.20. The summed E-state index contributed by atoms with van der Waals surface area (Å²) in [5, 5.41) is 14.8. The van der Waals surface area contributed by atoms with Crippen molar-refractivity contribution in [3.8, 4) is 6.07 Å². The van der Waals surface area contributed by atoms with Crippen LogP contribution in [0.1, 0.15) is 32.9 Å². The third-order valence-electron chi connectivity index (χ3n) is 3.57. The molecule has 0 atom stereocenters. The standard InChI is InChI=1S/C17H24N4/c1-4-21-17-9-6-5-8-15(17)16(19-21)13-20(11-7-10-18)12-14(2)3/h5-6,8-9,14H,4,7,11-13H2,1-3H3. The molecule has 0 aliphatic rings. The summed E-state index contributed by atoms with van der Waals surface area (Å²) in [4.78, 5) is 2.34. The molecule has 4 heteroatoms. The van der Waals surface area contributed by atoms with E-state index in [1.54, 1.807) is 0 Å². The molecule has 2 rings (SSSR count). The van der Waals surface area contributed by atoms with Crippen molar-refractivity contribution in [3.05, 3.63) is 30.0 Å². The number of benzene rings is 1. The number of nitrogens with zero attached hydrogens (tertiary/aromatic N) is 4. The molecule has 1 aromatic carbocycles. The van der Waals surface area contributed by atoms with Crippen LogP contribution in [0.15, 0.2) is 24.3 Å². The lowest BCUT2D eigenvalue weighted by Gasteiger charge is -2.22. The lowest BCUT2D eigenvalue weighted by molar-refractivity contribution is 0.238. The van der Waals surface area contributed by atoms with Gasteiger partial charge >= 0.3 is 0 Å². The van der Waals surface area contributed by atoms with E-state index >= 15 is 0 Å². The van der Waals surface area contributed by atoms with Crippen LogP contribution in [-0.2, 0) is 13.1 Å². The van der Waals surface area contributed by atoms with E-state index in [-0.39, 0.29) is 0 Å². The van der Waals surface area contributed by atoms with Crippen LogP contribution in [0.5, 0.6) is 0 Å². The number of hydrogen-bond donors (Lipinski definition) is 0. The first-order valence-electron chi connectivity index (χ1n) is 7.69. The van der Waals surface area contributed by atoms with Crippen LogP contribution in [0.3, 0.4) is 0 Å². The monoisotopic (exact) mass is 284 g/mol. The smallest absolute Gasteiger partial charge is 0.0843 e. The van der Waals surface area contributed by atoms with E-state index < -0.39 is 0 Å². The summed E-state index contributed by atoms with van der Waals surface area (Å²) in [5.41, 5.74) is 2.31. The molecule has 0 aliphatic heterocycles. The molecule has 0 aliphatic carbocycles. The highest BCUT2D eigenvalue weighted by atomic mass is 15.3. The minimum absolute atomic E-state index is 0.569. The van der Waals surface area contributed by atoms with Crippen molar-refractivity contribution in [3.63, 3.8) is 0 Å². The van der Waals surface area contributed by atoms with Gasteiger partial charge in [-0.2, -0.15) is 10.4 Å². The quantitative estimate of drug-likeness (QED) is 0.782. The van der Waals surface area contributed by atoms with E-state index in [9.17, 15) is 0 Å². The molecule has 0 spiro atoms. The summed E-state index contributed by atoms with van der Waals surface area (Å²) in [5.74, 6) is 0.586. The Balaban J connectivity index is 2.25. The summed E-state index contributed by atoms with van der Waals surface area (Å²) in [6.45, 7) is 10.0. The molecule has 0 amide bonds. The van der Waals surface area contributed by atoms with Gasteiger partial charge in [0.15, 0.2) is 0 Å². The molecule has 2 aromatic rings. The van der Waals surface area contributed by atoms with Crippen molar-refractivity contribution >= 4 is 10.9 Å². The molecule has 0 saturated heterocycles. The molecule has 0 N–H and O–H groups in total. The Hall–Kier alpha value is -1.86. The molecule has 1 aromatic heterocycles. The van der Waals surface area contributed by atoms with Gasteiger partial charge in [0.2, 0.25) is 0 Å². The maximum Gasteiger partial charge on any atom is 0.0843 e. The van der Waals surface area contributed by atoms with Crippen LogP contribution in [-0.4, -0.2) is 27.8 Å². The zero-order valence-corrected chi connectivity index (χ0v) is 13.2. The first-order valence-corrected chi connectivity index (χ1v) is 7.69. The number of nitriles is 1. The molecule has 0 radical (unpaired) electrons. The van der Waals surface area contributed by atoms with Gasteiger partial charge in [-0.1, -0.05) is 32.0 Å². The van der Waals surface area contributed by atoms with E-state index in [2.05, 4.69) is 60.7 Å². The zero-order valence-electron chi connectivity index (χ0n) is 13.2. The fraction of sp³-hybridized carbons (Fsp3) is 0.529. The SMILES string of the molecule is CCn1nc(CN(CCC#N)CC(C)C)c2ccccc21. The Morgan fingerprint density at radius 2 is 2.10 bits per heavy atom. The summed E-state index contributed by atoms with van der Waals surface area (Å²) < 4.78 is 2.06. The molecule has 1 heterocycles. The minimum atomic E-state index is 0.569. The predicted molar refractivity (Wildman–Crippen MR) is 85.8 cm³/mol. The van der Waals surface area contributed by atoms with E-state index in [1.165, 1.54) is 10.9 Å². The number of aryl methyl sites for hydroxylation is 1. The molecule has 21 heavy (non-hydrogen) atoms. The zero-order chi connectivity index (χ0) is 15.2. The number of para-hydroxylation sites is 1. The second-order valence-electron chi connectivity index (χ2n) is 5.82.